The van der Waals surface area contributed by atoms with E-state index in [0.29, 0.717) is 31.7 Å². The zero-order valence-electron chi connectivity index (χ0n) is 10.9. The molecule has 3 N–H and O–H groups in total. The van der Waals surface area contributed by atoms with Crippen LogP contribution in [0.2, 0.25) is 0 Å². The van der Waals surface area contributed by atoms with Gasteiger partial charge in [-0.15, -0.1) is 0 Å². The maximum Gasteiger partial charge on any atom is 0.260 e. The molecule has 6 heteroatoms. The van der Waals surface area contributed by atoms with Gasteiger partial charge >= 0.3 is 0 Å². The standard InChI is InChI=1S/C13H18N2O4/c1-9-2-3-10(12(17)15-9)11(16)14-8-13(18)4-6-19-7-5-13/h2-3,18H,4-8H2,1H3,(H,14,16)(H,15,17). The molecular weight excluding hydrogens is 248 g/mol. The first-order valence-corrected chi connectivity index (χ1v) is 6.28. The summed E-state index contributed by atoms with van der Waals surface area (Å²) in [7, 11) is 0. The first kappa shape index (κ1) is 13.8. The first-order valence-electron chi connectivity index (χ1n) is 6.28. The minimum Gasteiger partial charge on any atom is -0.388 e. The fraction of sp³-hybridized carbons (Fsp3) is 0.538. The minimum absolute atomic E-state index is 0.0567. The third kappa shape index (κ3) is 3.42. The van der Waals surface area contributed by atoms with Crippen LogP contribution in [0, 0.1) is 6.92 Å². The van der Waals surface area contributed by atoms with Crippen molar-refractivity contribution in [2.24, 2.45) is 0 Å². The van der Waals surface area contributed by atoms with Gasteiger partial charge in [-0.05, 0) is 19.1 Å². The van der Waals surface area contributed by atoms with E-state index in [4.69, 9.17) is 4.74 Å². The van der Waals surface area contributed by atoms with Gasteiger partial charge in [0.1, 0.15) is 5.56 Å². The highest BCUT2D eigenvalue weighted by molar-refractivity contribution is 5.93. The Morgan fingerprint density at radius 1 is 1.47 bits per heavy atom. The summed E-state index contributed by atoms with van der Waals surface area (Å²) in [6.07, 6.45) is 0.967. The molecule has 0 aromatic carbocycles. The summed E-state index contributed by atoms with van der Waals surface area (Å²) >= 11 is 0. The topological polar surface area (TPSA) is 91.4 Å². The second kappa shape index (κ2) is 5.54. The van der Waals surface area contributed by atoms with Gasteiger partial charge in [-0.3, -0.25) is 9.59 Å². The maximum absolute atomic E-state index is 11.9. The van der Waals surface area contributed by atoms with Crippen molar-refractivity contribution in [3.8, 4) is 0 Å². The van der Waals surface area contributed by atoms with Crippen molar-refractivity contribution in [3.63, 3.8) is 0 Å². The first-order chi connectivity index (χ1) is 9.00. The molecule has 1 fully saturated rings. The van der Waals surface area contributed by atoms with Gasteiger partial charge in [0.15, 0.2) is 0 Å². The molecule has 0 bridgehead atoms. The van der Waals surface area contributed by atoms with E-state index in [9.17, 15) is 14.7 Å². The third-order valence-corrected chi connectivity index (χ3v) is 3.30. The number of aromatic amines is 1. The summed E-state index contributed by atoms with van der Waals surface area (Å²) < 4.78 is 5.16. The van der Waals surface area contributed by atoms with E-state index in [2.05, 4.69) is 10.3 Å². The van der Waals surface area contributed by atoms with Crippen molar-refractivity contribution in [2.75, 3.05) is 19.8 Å². The molecule has 1 aliphatic rings. The van der Waals surface area contributed by atoms with Crippen molar-refractivity contribution in [1.29, 1.82) is 0 Å². The average Bonchev–Trinajstić information content (AvgIpc) is 2.37. The number of hydrogen-bond acceptors (Lipinski definition) is 4. The summed E-state index contributed by atoms with van der Waals surface area (Å²) in [5, 5.41) is 12.8. The normalized spacial score (nSPS) is 18.0. The molecule has 1 aromatic rings. The van der Waals surface area contributed by atoms with Gasteiger partial charge in [0.25, 0.3) is 11.5 Å². The second-order valence-corrected chi connectivity index (χ2v) is 4.90. The van der Waals surface area contributed by atoms with Gasteiger partial charge in [-0.1, -0.05) is 0 Å². The predicted molar refractivity (Wildman–Crippen MR) is 69.1 cm³/mol. The largest absolute Gasteiger partial charge is 0.388 e. The number of ether oxygens (including phenoxy) is 1. The molecule has 1 aliphatic heterocycles. The van der Waals surface area contributed by atoms with Crippen LogP contribution in [0.3, 0.4) is 0 Å². The fourth-order valence-electron chi connectivity index (χ4n) is 2.02. The van der Waals surface area contributed by atoms with Crippen LogP contribution >= 0.6 is 0 Å². The predicted octanol–water partition coefficient (Wildman–Crippen LogP) is -0.0454. The molecule has 0 saturated carbocycles. The van der Waals surface area contributed by atoms with E-state index in [1.165, 1.54) is 6.07 Å². The van der Waals surface area contributed by atoms with Gasteiger partial charge in [0, 0.05) is 38.3 Å². The third-order valence-electron chi connectivity index (χ3n) is 3.30. The second-order valence-electron chi connectivity index (χ2n) is 4.90. The molecule has 6 nitrogen and oxygen atoms in total. The zero-order valence-corrected chi connectivity index (χ0v) is 10.9. The quantitative estimate of drug-likeness (QED) is 0.715. The zero-order chi connectivity index (χ0) is 13.9. The Hall–Kier alpha value is -1.66. The number of aromatic nitrogens is 1. The van der Waals surface area contributed by atoms with Crippen molar-refractivity contribution in [2.45, 2.75) is 25.4 Å². The van der Waals surface area contributed by atoms with E-state index < -0.39 is 17.1 Å². The number of pyridine rings is 1. The fourth-order valence-corrected chi connectivity index (χ4v) is 2.02. The Bertz CT molecular complexity index is 518. The molecule has 0 unspecified atom stereocenters. The van der Waals surface area contributed by atoms with Gasteiger partial charge in [-0.25, -0.2) is 0 Å². The minimum atomic E-state index is -0.939. The van der Waals surface area contributed by atoms with E-state index in [1.807, 2.05) is 0 Å². The highest BCUT2D eigenvalue weighted by Gasteiger charge is 2.30. The number of amides is 1. The molecular formula is C13H18N2O4. The van der Waals surface area contributed by atoms with Crippen molar-refractivity contribution in [1.82, 2.24) is 10.3 Å². The van der Waals surface area contributed by atoms with Gasteiger partial charge in [0.2, 0.25) is 0 Å². The summed E-state index contributed by atoms with van der Waals surface area (Å²) in [5.74, 6) is -0.471. The molecule has 2 rings (SSSR count). The van der Waals surface area contributed by atoms with Crippen LogP contribution in [0.15, 0.2) is 16.9 Å². The monoisotopic (exact) mass is 266 g/mol. The van der Waals surface area contributed by atoms with Crippen molar-refractivity contribution >= 4 is 5.91 Å². The lowest BCUT2D eigenvalue weighted by molar-refractivity contribution is -0.0605. The van der Waals surface area contributed by atoms with Crippen LogP contribution < -0.4 is 10.9 Å². The lowest BCUT2D eigenvalue weighted by Gasteiger charge is -2.32. The number of rotatable bonds is 3. The summed E-state index contributed by atoms with van der Waals surface area (Å²) in [4.78, 5) is 26.1. The number of carbonyl (C=O) groups excluding carboxylic acids is 1. The molecule has 19 heavy (non-hydrogen) atoms. The molecule has 0 spiro atoms. The summed E-state index contributed by atoms with van der Waals surface area (Å²) in [5.41, 5.74) is -0.604. The van der Waals surface area contributed by atoms with Crippen LogP contribution in [0.5, 0.6) is 0 Å². The van der Waals surface area contributed by atoms with Crippen LogP contribution in [-0.4, -0.2) is 41.4 Å². The van der Waals surface area contributed by atoms with Gasteiger partial charge in [-0.2, -0.15) is 0 Å². The molecule has 1 amide bonds. The molecule has 1 saturated heterocycles. The van der Waals surface area contributed by atoms with Crippen molar-refractivity contribution in [3.05, 3.63) is 33.7 Å². The number of aliphatic hydroxyl groups is 1. The molecule has 104 valence electrons. The smallest absolute Gasteiger partial charge is 0.260 e. The summed E-state index contributed by atoms with van der Waals surface area (Å²) in [6.45, 7) is 2.84. The van der Waals surface area contributed by atoms with Crippen LogP contribution in [-0.2, 0) is 4.74 Å². The van der Waals surface area contributed by atoms with Crippen molar-refractivity contribution < 1.29 is 14.6 Å². The lowest BCUT2D eigenvalue weighted by atomic mass is 9.94. The van der Waals surface area contributed by atoms with E-state index in [-0.39, 0.29) is 12.1 Å². The van der Waals surface area contributed by atoms with E-state index in [1.54, 1.807) is 13.0 Å². The molecule has 0 aliphatic carbocycles. The average molecular weight is 266 g/mol. The molecule has 0 radical (unpaired) electrons. The van der Waals surface area contributed by atoms with E-state index in [0.717, 1.165) is 0 Å². The Morgan fingerprint density at radius 2 is 2.16 bits per heavy atom. The molecule has 0 atom stereocenters. The number of H-pyrrole nitrogens is 1. The van der Waals surface area contributed by atoms with E-state index >= 15 is 0 Å². The summed E-state index contributed by atoms with van der Waals surface area (Å²) in [6, 6.07) is 3.15. The molecule has 2 heterocycles. The number of nitrogens with one attached hydrogen (secondary N) is 2. The Morgan fingerprint density at radius 3 is 2.79 bits per heavy atom. The highest BCUT2D eigenvalue weighted by Crippen LogP contribution is 2.19. The Labute approximate surface area is 110 Å². The van der Waals surface area contributed by atoms with Crippen LogP contribution in [0.25, 0.3) is 0 Å². The Kier molecular flexibility index (Phi) is 4.01. The van der Waals surface area contributed by atoms with Gasteiger partial charge < -0.3 is 20.1 Å². The highest BCUT2D eigenvalue weighted by atomic mass is 16.5. The number of hydrogen-bond donors (Lipinski definition) is 3. The lowest BCUT2D eigenvalue weighted by Crippen LogP contribution is -2.47. The van der Waals surface area contributed by atoms with Crippen LogP contribution in [0.1, 0.15) is 28.9 Å². The Balaban J connectivity index is 1.99. The number of aryl methyl sites for hydroxylation is 1. The molecule has 1 aromatic heterocycles. The van der Waals surface area contributed by atoms with Gasteiger partial charge in [0.05, 0.1) is 5.60 Å². The number of carbonyl (C=O) groups is 1. The SMILES string of the molecule is Cc1ccc(C(=O)NCC2(O)CCOCC2)c(=O)[nH]1. The maximum atomic E-state index is 11.9. The van der Waals surface area contributed by atoms with Crippen LogP contribution in [0.4, 0.5) is 0 Å².